The zero-order valence-corrected chi connectivity index (χ0v) is 15.0. The molecule has 0 aliphatic carbocycles. The van der Waals surface area contributed by atoms with E-state index >= 15 is 0 Å². The van der Waals surface area contributed by atoms with Crippen LogP contribution in [0.15, 0.2) is 4.73 Å². The van der Waals surface area contributed by atoms with Gasteiger partial charge >= 0.3 is 0 Å². The van der Waals surface area contributed by atoms with Gasteiger partial charge in [-0.15, -0.1) is 0 Å². The number of imidazole rings is 1. The molecule has 3 heterocycles. The Hall–Kier alpha value is -0.760. The van der Waals surface area contributed by atoms with E-state index < -0.39 is 5.54 Å². The van der Waals surface area contributed by atoms with Crippen molar-refractivity contribution < 1.29 is 4.74 Å². The molecule has 120 valence electrons. The standard InChI is InChI=1S/C14H19BrClN5O/c1-14(2,17)7-8-10-11(20-13(16)18-8)21(12(15)19-10)9-5-3-4-6-22-9/h9H,3-7,17H2,1-2H3. The lowest BCUT2D eigenvalue weighted by molar-refractivity contribution is -0.0311. The minimum absolute atomic E-state index is 0.0715. The predicted octanol–water partition coefficient (Wildman–Crippen LogP) is 3.22. The third kappa shape index (κ3) is 3.27. The Morgan fingerprint density at radius 1 is 1.36 bits per heavy atom. The Balaban J connectivity index is 2.12. The number of fused-ring (bicyclic) bond motifs is 1. The van der Waals surface area contributed by atoms with E-state index in [1.807, 2.05) is 18.4 Å². The van der Waals surface area contributed by atoms with Crippen LogP contribution < -0.4 is 5.73 Å². The van der Waals surface area contributed by atoms with Crippen LogP contribution in [0.5, 0.6) is 0 Å². The quantitative estimate of drug-likeness (QED) is 0.645. The van der Waals surface area contributed by atoms with E-state index in [1.54, 1.807) is 0 Å². The molecular weight excluding hydrogens is 370 g/mol. The smallest absolute Gasteiger partial charge is 0.224 e. The Kier molecular flexibility index (Phi) is 4.42. The molecule has 22 heavy (non-hydrogen) atoms. The van der Waals surface area contributed by atoms with Crippen molar-refractivity contribution in [1.29, 1.82) is 0 Å². The highest BCUT2D eigenvalue weighted by atomic mass is 79.9. The molecule has 1 aliphatic rings. The summed E-state index contributed by atoms with van der Waals surface area (Å²) < 4.78 is 8.49. The highest BCUT2D eigenvalue weighted by Crippen LogP contribution is 2.32. The molecule has 2 N–H and O–H groups in total. The van der Waals surface area contributed by atoms with Crippen LogP contribution in [0.2, 0.25) is 5.28 Å². The van der Waals surface area contributed by atoms with Crippen molar-refractivity contribution in [2.75, 3.05) is 6.61 Å². The van der Waals surface area contributed by atoms with Crippen LogP contribution in [0, 0.1) is 0 Å². The summed E-state index contributed by atoms with van der Waals surface area (Å²) in [4.78, 5) is 13.3. The number of halogens is 2. The molecule has 0 spiro atoms. The Morgan fingerprint density at radius 2 is 2.14 bits per heavy atom. The van der Waals surface area contributed by atoms with Gasteiger partial charge in [0.15, 0.2) is 10.4 Å². The number of nitrogens with zero attached hydrogens (tertiary/aromatic N) is 4. The largest absolute Gasteiger partial charge is 0.358 e. The van der Waals surface area contributed by atoms with Gasteiger partial charge in [-0.2, -0.15) is 4.98 Å². The van der Waals surface area contributed by atoms with E-state index in [9.17, 15) is 0 Å². The lowest BCUT2D eigenvalue weighted by atomic mass is 9.99. The molecule has 3 rings (SSSR count). The Bertz CT molecular complexity index is 691. The summed E-state index contributed by atoms with van der Waals surface area (Å²) in [6.07, 6.45) is 3.64. The van der Waals surface area contributed by atoms with Crippen molar-refractivity contribution in [3.05, 3.63) is 15.7 Å². The molecule has 2 aromatic heterocycles. The van der Waals surface area contributed by atoms with Gasteiger partial charge in [0.25, 0.3) is 0 Å². The van der Waals surface area contributed by atoms with Crippen molar-refractivity contribution in [3.8, 4) is 0 Å². The van der Waals surface area contributed by atoms with Crippen molar-refractivity contribution in [2.24, 2.45) is 5.73 Å². The molecule has 0 bridgehead atoms. The zero-order chi connectivity index (χ0) is 15.9. The van der Waals surface area contributed by atoms with Crippen molar-refractivity contribution in [1.82, 2.24) is 19.5 Å². The first-order valence-electron chi connectivity index (χ1n) is 7.35. The van der Waals surface area contributed by atoms with Crippen molar-refractivity contribution >= 4 is 38.7 Å². The van der Waals surface area contributed by atoms with Crippen LogP contribution in [-0.4, -0.2) is 31.7 Å². The maximum atomic E-state index is 6.12. The summed E-state index contributed by atoms with van der Waals surface area (Å²) in [6.45, 7) is 4.65. The summed E-state index contributed by atoms with van der Waals surface area (Å²) >= 11 is 9.63. The predicted molar refractivity (Wildman–Crippen MR) is 88.8 cm³/mol. The highest BCUT2D eigenvalue weighted by molar-refractivity contribution is 9.10. The number of hydrogen-bond donors (Lipinski definition) is 1. The van der Waals surface area contributed by atoms with Gasteiger partial charge in [0.2, 0.25) is 5.28 Å². The summed E-state index contributed by atoms with van der Waals surface area (Å²) in [5, 5.41) is 0.205. The highest BCUT2D eigenvalue weighted by Gasteiger charge is 2.25. The average molecular weight is 389 g/mol. The van der Waals surface area contributed by atoms with Crippen LogP contribution >= 0.6 is 27.5 Å². The number of hydrogen-bond acceptors (Lipinski definition) is 5. The topological polar surface area (TPSA) is 78.9 Å². The number of aromatic nitrogens is 4. The fraction of sp³-hybridized carbons (Fsp3) is 0.643. The number of rotatable bonds is 3. The first-order chi connectivity index (χ1) is 10.3. The van der Waals surface area contributed by atoms with Gasteiger partial charge in [-0.3, -0.25) is 4.57 Å². The van der Waals surface area contributed by atoms with Gasteiger partial charge in [0.1, 0.15) is 11.7 Å². The molecule has 0 saturated carbocycles. The first-order valence-corrected chi connectivity index (χ1v) is 8.52. The Labute approximate surface area is 142 Å². The first kappa shape index (κ1) is 16.1. The Morgan fingerprint density at radius 3 is 2.77 bits per heavy atom. The second-order valence-electron chi connectivity index (χ2n) is 6.35. The van der Waals surface area contributed by atoms with Crippen LogP contribution in [0.25, 0.3) is 11.2 Å². The molecule has 1 fully saturated rings. The van der Waals surface area contributed by atoms with E-state index in [-0.39, 0.29) is 11.5 Å². The van der Waals surface area contributed by atoms with Gasteiger partial charge in [-0.25, -0.2) is 9.97 Å². The molecule has 0 amide bonds. The molecule has 1 aliphatic heterocycles. The monoisotopic (exact) mass is 387 g/mol. The molecule has 1 unspecified atom stereocenters. The third-order valence-corrected chi connectivity index (χ3v) is 4.34. The van der Waals surface area contributed by atoms with Gasteiger partial charge in [-0.1, -0.05) is 0 Å². The second-order valence-corrected chi connectivity index (χ2v) is 7.40. The minimum atomic E-state index is -0.401. The van der Waals surface area contributed by atoms with E-state index in [0.29, 0.717) is 16.8 Å². The molecule has 0 radical (unpaired) electrons. The fourth-order valence-electron chi connectivity index (χ4n) is 2.71. The van der Waals surface area contributed by atoms with E-state index in [4.69, 9.17) is 22.1 Å². The number of nitrogens with two attached hydrogens (primary N) is 1. The summed E-state index contributed by atoms with van der Waals surface area (Å²) in [5.41, 5.74) is 7.90. The molecule has 1 saturated heterocycles. The molecule has 1 atom stereocenters. The van der Waals surface area contributed by atoms with Crippen molar-refractivity contribution in [2.45, 2.75) is 51.3 Å². The lowest BCUT2D eigenvalue weighted by Gasteiger charge is -2.24. The van der Waals surface area contributed by atoms with Crippen LogP contribution in [-0.2, 0) is 11.2 Å². The van der Waals surface area contributed by atoms with Gasteiger partial charge in [0.05, 0.1) is 5.69 Å². The van der Waals surface area contributed by atoms with Crippen LogP contribution in [0.3, 0.4) is 0 Å². The van der Waals surface area contributed by atoms with Gasteiger partial charge in [-0.05, 0) is 60.6 Å². The van der Waals surface area contributed by atoms with E-state index in [2.05, 4.69) is 30.9 Å². The minimum Gasteiger partial charge on any atom is -0.358 e. The average Bonchev–Trinajstić information content (AvgIpc) is 2.74. The van der Waals surface area contributed by atoms with Gasteiger partial charge in [0, 0.05) is 18.6 Å². The fourth-order valence-corrected chi connectivity index (χ4v) is 3.47. The lowest BCUT2D eigenvalue weighted by Crippen LogP contribution is -2.34. The summed E-state index contributed by atoms with van der Waals surface area (Å²) in [6, 6.07) is 0. The maximum Gasteiger partial charge on any atom is 0.224 e. The summed E-state index contributed by atoms with van der Waals surface area (Å²) in [5.74, 6) is 0. The van der Waals surface area contributed by atoms with E-state index in [0.717, 1.165) is 37.1 Å². The molecule has 2 aromatic rings. The number of ether oxygens (including phenoxy) is 1. The molecule has 8 heteroatoms. The normalized spacial score (nSPS) is 19.8. The second kappa shape index (κ2) is 6.03. The zero-order valence-electron chi connectivity index (χ0n) is 12.6. The van der Waals surface area contributed by atoms with Crippen LogP contribution in [0.4, 0.5) is 0 Å². The maximum absolute atomic E-state index is 6.12. The molecule has 0 aromatic carbocycles. The third-order valence-electron chi connectivity index (χ3n) is 3.61. The SMILES string of the molecule is CC(C)(N)Cc1nc(Cl)nc2c1nc(Br)n2C1CCCCO1. The summed E-state index contributed by atoms with van der Waals surface area (Å²) in [7, 11) is 0. The molecule has 6 nitrogen and oxygen atoms in total. The van der Waals surface area contributed by atoms with E-state index in [1.165, 1.54) is 0 Å². The van der Waals surface area contributed by atoms with Crippen LogP contribution in [0.1, 0.15) is 45.0 Å². The van der Waals surface area contributed by atoms with Gasteiger partial charge < -0.3 is 10.5 Å². The van der Waals surface area contributed by atoms with Crippen molar-refractivity contribution in [3.63, 3.8) is 0 Å². The molecular formula is C14H19BrClN5O.